The second kappa shape index (κ2) is 8.12. The zero-order chi connectivity index (χ0) is 19.5. The van der Waals surface area contributed by atoms with E-state index in [0.29, 0.717) is 13.0 Å². The predicted molar refractivity (Wildman–Crippen MR) is 89.4 cm³/mol. The van der Waals surface area contributed by atoms with Gasteiger partial charge in [-0.05, 0) is 19.0 Å². The zero-order valence-electron chi connectivity index (χ0n) is 14.4. The minimum atomic E-state index is -3.15. The van der Waals surface area contributed by atoms with E-state index in [4.69, 9.17) is 4.74 Å². The highest BCUT2D eigenvalue weighted by Gasteiger charge is 2.33. The largest absolute Gasteiger partial charge is 0.493 e. The number of rotatable bonds is 8. The van der Waals surface area contributed by atoms with Gasteiger partial charge in [0.2, 0.25) is 0 Å². The normalized spacial score (nSPS) is 19.1. The molecule has 2 rings (SSSR count). The Morgan fingerprint density at radius 3 is 2.54 bits per heavy atom. The average molecular weight is 394 g/mol. The summed E-state index contributed by atoms with van der Waals surface area (Å²) in [5, 5.41) is 11.4. The van der Waals surface area contributed by atoms with Gasteiger partial charge < -0.3 is 9.47 Å². The summed E-state index contributed by atoms with van der Waals surface area (Å²) in [4.78, 5) is 12.5. The lowest BCUT2D eigenvalue weighted by Gasteiger charge is -2.26. The molecule has 1 saturated heterocycles. The molecule has 1 aliphatic heterocycles. The van der Waals surface area contributed by atoms with E-state index in [0.717, 1.165) is 6.07 Å². The van der Waals surface area contributed by atoms with Crippen LogP contribution in [0.25, 0.3) is 0 Å². The van der Waals surface area contributed by atoms with Crippen LogP contribution in [0, 0.1) is 10.1 Å². The molecule has 0 N–H and O–H groups in total. The highest BCUT2D eigenvalue weighted by molar-refractivity contribution is 7.91. The van der Waals surface area contributed by atoms with Crippen LogP contribution in [0.4, 0.5) is 14.5 Å². The van der Waals surface area contributed by atoms with Crippen LogP contribution in [-0.4, -0.2) is 56.1 Å². The summed E-state index contributed by atoms with van der Waals surface area (Å²) in [6.07, 6.45) is 0.452. The van der Waals surface area contributed by atoms with Gasteiger partial charge >= 0.3 is 6.61 Å². The van der Waals surface area contributed by atoms with Crippen molar-refractivity contribution in [2.45, 2.75) is 32.5 Å². The molecule has 1 fully saturated rings. The van der Waals surface area contributed by atoms with Crippen molar-refractivity contribution in [3.8, 4) is 11.5 Å². The molecular formula is C15H20F2N2O6S. The van der Waals surface area contributed by atoms with Crippen molar-refractivity contribution in [1.29, 1.82) is 0 Å². The minimum absolute atomic E-state index is 0.00164. The highest BCUT2D eigenvalue weighted by Crippen LogP contribution is 2.36. The lowest BCUT2D eigenvalue weighted by Crippen LogP contribution is -2.35. The van der Waals surface area contributed by atoms with Gasteiger partial charge in [0.05, 0.1) is 29.6 Å². The number of ether oxygens (including phenoxy) is 2. The minimum Gasteiger partial charge on any atom is -0.493 e. The molecule has 11 heteroatoms. The summed E-state index contributed by atoms with van der Waals surface area (Å²) in [7, 11) is -1.87. The van der Waals surface area contributed by atoms with Crippen LogP contribution in [0.5, 0.6) is 11.5 Å². The number of halogens is 2. The van der Waals surface area contributed by atoms with Crippen LogP contribution in [0.2, 0.25) is 0 Å². The summed E-state index contributed by atoms with van der Waals surface area (Å²) >= 11 is 0. The Balaban J connectivity index is 2.35. The fraction of sp³-hybridized carbons (Fsp3) is 0.600. The van der Waals surface area contributed by atoms with Gasteiger partial charge in [-0.3, -0.25) is 15.0 Å². The number of sulfone groups is 1. The Morgan fingerprint density at radius 1 is 1.38 bits per heavy atom. The molecule has 1 atom stereocenters. The third kappa shape index (κ3) is 4.79. The van der Waals surface area contributed by atoms with Crippen LogP contribution in [-0.2, 0) is 16.4 Å². The van der Waals surface area contributed by atoms with Crippen LogP contribution in [0.1, 0.15) is 18.9 Å². The molecule has 1 aromatic carbocycles. The number of alkyl halides is 2. The molecule has 0 amide bonds. The van der Waals surface area contributed by atoms with Crippen LogP contribution in [0.15, 0.2) is 12.1 Å². The van der Waals surface area contributed by atoms with Crippen molar-refractivity contribution in [2.75, 3.05) is 25.2 Å². The molecule has 8 nitrogen and oxygen atoms in total. The van der Waals surface area contributed by atoms with Gasteiger partial charge in [-0.2, -0.15) is 8.78 Å². The first-order valence-corrected chi connectivity index (χ1v) is 9.73. The van der Waals surface area contributed by atoms with Crippen LogP contribution < -0.4 is 9.47 Å². The van der Waals surface area contributed by atoms with Gasteiger partial charge in [0, 0.05) is 18.2 Å². The molecule has 1 aliphatic rings. The quantitative estimate of drug-likeness (QED) is 0.492. The van der Waals surface area contributed by atoms with Gasteiger partial charge in [0.25, 0.3) is 5.69 Å². The average Bonchev–Trinajstić information content (AvgIpc) is 2.92. The smallest absolute Gasteiger partial charge is 0.387 e. The summed E-state index contributed by atoms with van der Waals surface area (Å²) in [5.41, 5.74) is -0.152. The summed E-state index contributed by atoms with van der Waals surface area (Å²) in [5.74, 6) is -0.399. The van der Waals surface area contributed by atoms with E-state index < -0.39 is 27.1 Å². The van der Waals surface area contributed by atoms with Crippen molar-refractivity contribution in [1.82, 2.24) is 4.90 Å². The molecule has 1 heterocycles. The van der Waals surface area contributed by atoms with Gasteiger partial charge in [-0.15, -0.1) is 0 Å². The van der Waals surface area contributed by atoms with E-state index >= 15 is 0 Å². The molecule has 0 radical (unpaired) electrons. The molecular weight excluding hydrogens is 374 g/mol. The van der Waals surface area contributed by atoms with Crippen LogP contribution >= 0.6 is 0 Å². The Labute approximate surface area is 149 Å². The number of nitro benzene ring substituents is 1. The maximum atomic E-state index is 12.5. The molecule has 146 valence electrons. The SMILES string of the molecule is CCN(Cc1cc(OC)c(OC(F)F)cc1[N+](=O)[O-])[C@@H]1CCS(=O)(=O)C1. The number of benzene rings is 1. The van der Waals surface area contributed by atoms with Gasteiger partial charge in [-0.25, -0.2) is 8.42 Å². The van der Waals surface area contributed by atoms with Gasteiger partial charge in [0.15, 0.2) is 21.3 Å². The third-order valence-corrected chi connectivity index (χ3v) is 6.03. The maximum Gasteiger partial charge on any atom is 0.387 e. The lowest BCUT2D eigenvalue weighted by atomic mass is 10.1. The summed E-state index contributed by atoms with van der Waals surface area (Å²) in [6, 6.07) is 1.94. The second-order valence-corrected chi connectivity index (χ2v) is 8.12. The van der Waals surface area contributed by atoms with E-state index in [1.54, 1.807) is 0 Å². The maximum absolute atomic E-state index is 12.5. The Hall–Kier alpha value is -2.01. The monoisotopic (exact) mass is 394 g/mol. The van der Waals surface area contributed by atoms with E-state index in [9.17, 15) is 27.3 Å². The topological polar surface area (TPSA) is 99.0 Å². The van der Waals surface area contributed by atoms with Crippen molar-refractivity contribution in [3.05, 3.63) is 27.8 Å². The molecule has 26 heavy (non-hydrogen) atoms. The molecule has 1 aromatic rings. The number of nitro groups is 1. The fourth-order valence-electron chi connectivity index (χ4n) is 3.02. The molecule has 0 spiro atoms. The summed E-state index contributed by atoms with van der Waals surface area (Å²) < 4.78 is 57.7. The number of hydrogen-bond donors (Lipinski definition) is 0. The molecule has 0 aliphatic carbocycles. The van der Waals surface area contributed by atoms with Gasteiger partial charge in [-0.1, -0.05) is 6.92 Å². The van der Waals surface area contributed by atoms with Gasteiger partial charge in [0.1, 0.15) is 0 Å². The zero-order valence-corrected chi connectivity index (χ0v) is 15.2. The van der Waals surface area contributed by atoms with Crippen LogP contribution in [0.3, 0.4) is 0 Å². The molecule has 0 aromatic heterocycles. The number of nitrogens with zero attached hydrogens (tertiary/aromatic N) is 2. The molecule has 0 unspecified atom stereocenters. The first kappa shape index (κ1) is 20.3. The van der Waals surface area contributed by atoms with Crippen molar-refractivity contribution in [2.24, 2.45) is 0 Å². The standard InChI is InChI=1S/C15H20F2N2O6S/c1-3-18(11-4-5-26(22,23)9-11)8-10-6-13(24-2)14(25-15(16)17)7-12(10)19(20)21/h6-7,11,15H,3-5,8-9H2,1-2H3/t11-/m1/s1. The Morgan fingerprint density at radius 2 is 2.08 bits per heavy atom. The first-order chi connectivity index (χ1) is 12.2. The highest BCUT2D eigenvalue weighted by atomic mass is 32.2. The fourth-order valence-corrected chi connectivity index (χ4v) is 4.78. The van der Waals surface area contributed by atoms with E-state index in [1.165, 1.54) is 13.2 Å². The molecule has 0 bridgehead atoms. The third-order valence-electron chi connectivity index (χ3n) is 4.28. The Kier molecular flexibility index (Phi) is 6.34. The van der Waals surface area contributed by atoms with E-state index in [-0.39, 0.29) is 41.1 Å². The molecule has 0 saturated carbocycles. The van der Waals surface area contributed by atoms with E-state index in [2.05, 4.69) is 4.74 Å². The first-order valence-electron chi connectivity index (χ1n) is 7.91. The lowest BCUT2D eigenvalue weighted by molar-refractivity contribution is -0.385. The van der Waals surface area contributed by atoms with Crippen molar-refractivity contribution >= 4 is 15.5 Å². The summed E-state index contributed by atoms with van der Waals surface area (Å²) in [6.45, 7) is -0.750. The van der Waals surface area contributed by atoms with Crippen molar-refractivity contribution < 1.29 is 31.6 Å². The van der Waals surface area contributed by atoms with Crippen molar-refractivity contribution in [3.63, 3.8) is 0 Å². The van der Waals surface area contributed by atoms with E-state index in [1.807, 2.05) is 11.8 Å². The number of methoxy groups -OCH3 is 1. The number of hydrogen-bond acceptors (Lipinski definition) is 7. The second-order valence-electron chi connectivity index (χ2n) is 5.89. The predicted octanol–water partition coefficient (Wildman–Crippen LogP) is 2.21. The Bertz CT molecular complexity index is 772.